The van der Waals surface area contributed by atoms with Crippen molar-refractivity contribution in [1.82, 2.24) is 19.9 Å². The molecule has 0 aliphatic carbocycles. The molecule has 2 aliphatic rings. The highest BCUT2D eigenvalue weighted by Crippen LogP contribution is 2.36. The molecule has 24 heavy (non-hydrogen) atoms. The number of aromatic amines is 1. The number of piperidine rings is 1. The van der Waals surface area contributed by atoms with Gasteiger partial charge in [-0.25, -0.2) is 9.97 Å². The lowest BCUT2D eigenvalue weighted by atomic mass is 9.78. The number of ether oxygens (including phenoxy) is 1. The maximum atomic E-state index is 12.5. The lowest BCUT2D eigenvalue weighted by Gasteiger charge is -2.42. The van der Waals surface area contributed by atoms with Crippen molar-refractivity contribution >= 4 is 22.4 Å². The molecule has 2 aromatic heterocycles. The molecule has 8 heteroatoms. The fourth-order valence-corrected chi connectivity index (χ4v) is 4.23. The molecule has 1 amide bonds. The SMILES string of the molecule is O=C(c1cnc[nH]1)N1CCC2(CC1)COCCN(c1nccs1)C2. The van der Waals surface area contributed by atoms with Crippen molar-refractivity contribution in [3.05, 3.63) is 29.8 Å². The normalized spacial score (nSPS) is 21.0. The van der Waals surface area contributed by atoms with E-state index in [9.17, 15) is 4.79 Å². The first kappa shape index (κ1) is 15.6. The predicted molar refractivity (Wildman–Crippen MR) is 91.3 cm³/mol. The Hall–Kier alpha value is -1.93. The van der Waals surface area contributed by atoms with Gasteiger partial charge in [-0.05, 0) is 12.8 Å². The summed E-state index contributed by atoms with van der Waals surface area (Å²) in [5, 5.41) is 3.08. The standard InChI is InChI=1S/C16H21N5O2S/c22-14(13-9-17-12-19-13)20-4-1-16(2-5-20)10-21(6-7-23-11-16)15-18-3-8-24-15/h3,8-9,12H,1-2,4-7,10-11H2,(H,17,19). The first-order valence-electron chi connectivity index (χ1n) is 8.26. The van der Waals surface area contributed by atoms with Crippen LogP contribution in [-0.2, 0) is 4.74 Å². The van der Waals surface area contributed by atoms with Gasteiger partial charge in [-0.2, -0.15) is 0 Å². The lowest BCUT2D eigenvalue weighted by Crippen LogP contribution is -2.49. The highest BCUT2D eigenvalue weighted by Gasteiger charge is 2.39. The van der Waals surface area contributed by atoms with Gasteiger partial charge < -0.3 is 19.5 Å². The summed E-state index contributed by atoms with van der Waals surface area (Å²) in [5.41, 5.74) is 0.667. The molecule has 0 bridgehead atoms. The van der Waals surface area contributed by atoms with E-state index < -0.39 is 0 Å². The van der Waals surface area contributed by atoms with Crippen LogP contribution in [0.3, 0.4) is 0 Å². The molecule has 2 aromatic rings. The molecule has 4 rings (SSSR count). The second-order valence-corrected chi connectivity index (χ2v) is 7.42. The van der Waals surface area contributed by atoms with Crippen LogP contribution in [0, 0.1) is 5.41 Å². The molecule has 4 heterocycles. The molecule has 7 nitrogen and oxygen atoms in total. The molecule has 0 radical (unpaired) electrons. The van der Waals surface area contributed by atoms with Gasteiger partial charge in [-0.1, -0.05) is 0 Å². The fraction of sp³-hybridized carbons (Fsp3) is 0.562. The maximum Gasteiger partial charge on any atom is 0.271 e. The molecule has 1 N–H and O–H groups in total. The van der Waals surface area contributed by atoms with Crippen LogP contribution in [-0.4, -0.2) is 65.2 Å². The lowest BCUT2D eigenvalue weighted by molar-refractivity contribution is 0.0206. The number of aromatic nitrogens is 3. The first-order valence-corrected chi connectivity index (χ1v) is 9.14. The van der Waals surface area contributed by atoms with Crippen LogP contribution in [0.15, 0.2) is 24.1 Å². The third kappa shape index (κ3) is 3.03. The number of thiazole rings is 1. The molecular formula is C16H21N5O2S. The van der Waals surface area contributed by atoms with Crippen LogP contribution in [0.4, 0.5) is 5.13 Å². The number of hydrogen-bond acceptors (Lipinski definition) is 6. The summed E-state index contributed by atoms with van der Waals surface area (Å²) in [6.07, 6.45) is 6.89. The minimum Gasteiger partial charge on any atom is -0.379 e. The van der Waals surface area contributed by atoms with Gasteiger partial charge in [-0.15, -0.1) is 11.3 Å². The van der Waals surface area contributed by atoms with E-state index in [2.05, 4.69) is 19.9 Å². The summed E-state index contributed by atoms with van der Waals surface area (Å²) in [5.74, 6) is 0.0358. The number of rotatable bonds is 2. The number of hydrogen-bond donors (Lipinski definition) is 1. The van der Waals surface area contributed by atoms with Crippen molar-refractivity contribution in [1.29, 1.82) is 0 Å². The topological polar surface area (TPSA) is 74.3 Å². The van der Waals surface area contributed by atoms with E-state index >= 15 is 0 Å². The van der Waals surface area contributed by atoms with E-state index in [0.717, 1.165) is 57.4 Å². The summed E-state index contributed by atoms with van der Waals surface area (Å²) in [6, 6.07) is 0. The first-order chi connectivity index (χ1) is 11.8. The van der Waals surface area contributed by atoms with E-state index in [1.54, 1.807) is 23.9 Å². The number of anilines is 1. The zero-order valence-electron chi connectivity index (χ0n) is 13.5. The van der Waals surface area contributed by atoms with E-state index in [-0.39, 0.29) is 11.3 Å². The molecular weight excluding hydrogens is 326 g/mol. The number of nitrogens with zero attached hydrogens (tertiary/aromatic N) is 4. The van der Waals surface area contributed by atoms with Crippen LogP contribution in [0.25, 0.3) is 0 Å². The number of H-pyrrole nitrogens is 1. The highest BCUT2D eigenvalue weighted by molar-refractivity contribution is 7.13. The summed E-state index contributed by atoms with van der Waals surface area (Å²) in [7, 11) is 0. The Balaban J connectivity index is 1.44. The van der Waals surface area contributed by atoms with Gasteiger partial charge in [0.1, 0.15) is 5.69 Å². The molecule has 1 spiro atoms. The predicted octanol–water partition coefficient (Wildman–Crippen LogP) is 1.63. The Morgan fingerprint density at radius 2 is 2.21 bits per heavy atom. The van der Waals surface area contributed by atoms with Crippen molar-refractivity contribution in [2.75, 3.05) is 44.3 Å². The van der Waals surface area contributed by atoms with Crippen LogP contribution in [0.5, 0.6) is 0 Å². The number of carbonyl (C=O) groups excluding carboxylic acids is 1. The maximum absolute atomic E-state index is 12.5. The average molecular weight is 347 g/mol. The molecule has 0 aromatic carbocycles. The van der Waals surface area contributed by atoms with Crippen LogP contribution >= 0.6 is 11.3 Å². The Kier molecular flexibility index (Phi) is 4.24. The van der Waals surface area contributed by atoms with Crippen molar-refractivity contribution < 1.29 is 9.53 Å². The van der Waals surface area contributed by atoms with E-state index in [1.807, 2.05) is 16.5 Å². The number of imidazole rings is 1. The van der Waals surface area contributed by atoms with Crippen molar-refractivity contribution in [3.63, 3.8) is 0 Å². The van der Waals surface area contributed by atoms with E-state index in [4.69, 9.17) is 4.74 Å². The van der Waals surface area contributed by atoms with Gasteiger partial charge in [0.25, 0.3) is 5.91 Å². The average Bonchev–Trinajstić information content (AvgIpc) is 3.29. The van der Waals surface area contributed by atoms with Gasteiger partial charge in [0, 0.05) is 43.2 Å². The van der Waals surface area contributed by atoms with Crippen molar-refractivity contribution in [2.24, 2.45) is 5.41 Å². The summed E-state index contributed by atoms with van der Waals surface area (Å²) in [6.45, 7) is 4.84. The van der Waals surface area contributed by atoms with Gasteiger partial charge >= 0.3 is 0 Å². The van der Waals surface area contributed by atoms with Gasteiger partial charge in [0.15, 0.2) is 5.13 Å². The second kappa shape index (κ2) is 6.52. The third-order valence-electron chi connectivity index (χ3n) is 4.97. The van der Waals surface area contributed by atoms with E-state index in [0.29, 0.717) is 5.69 Å². The zero-order valence-corrected chi connectivity index (χ0v) is 14.3. The Morgan fingerprint density at radius 1 is 1.33 bits per heavy atom. The zero-order chi connectivity index (χ0) is 16.4. The molecule has 2 fully saturated rings. The molecule has 0 atom stereocenters. The number of nitrogens with one attached hydrogen (secondary N) is 1. The third-order valence-corrected chi connectivity index (χ3v) is 5.80. The van der Waals surface area contributed by atoms with Crippen LogP contribution in [0.2, 0.25) is 0 Å². The smallest absolute Gasteiger partial charge is 0.271 e. The molecule has 2 saturated heterocycles. The molecule has 0 saturated carbocycles. The van der Waals surface area contributed by atoms with Crippen LogP contribution < -0.4 is 4.90 Å². The Morgan fingerprint density at radius 3 is 2.92 bits per heavy atom. The molecule has 0 unspecified atom stereocenters. The Labute approximate surface area is 144 Å². The molecule has 2 aliphatic heterocycles. The van der Waals surface area contributed by atoms with Crippen molar-refractivity contribution in [3.8, 4) is 0 Å². The van der Waals surface area contributed by atoms with Gasteiger partial charge in [0.2, 0.25) is 0 Å². The highest BCUT2D eigenvalue weighted by atomic mass is 32.1. The summed E-state index contributed by atoms with van der Waals surface area (Å²) >= 11 is 1.67. The second-order valence-electron chi connectivity index (χ2n) is 6.55. The number of carbonyl (C=O) groups is 1. The van der Waals surface area contributed by atoms with E-state index in [1.165, 1.54) is 0 Å². The van der Waals surface area contributed by atoms with Gasteiger partial charge in [-0.3, -0.25) is 4.79 Å². The molecule has 128 valence electrons. The van der Waals surface area contributed by atoms with Crippen molar-refractivity contribution in [2.45, 2.75) is 12.8 Å². The number of amides is 1. The fourth-order valence-electron chi connectivity index (χ4n) is 3.56. The quantitative estimate of drug-likeness (QED) is 0.894. The largest absolute Gasteiger partial charge is 0.379 e. The monoisotopic (exact) mass is 347 g/mol. The minimum atomic E-state index is 0.0358. The Bertz CT molecular complexity index is 665. The van der Waals surface area contributed by atoms with Gasteiger partial charge in [0.05, 0.1) is 25.7 Å². The number of likely N-dealkylation sites (tertiary alicyclic amines) is 1. The minimum absolute atomic E-state index is 0.0358. The summed E-state index contributed by atoms with van der Waals surface area (Å²) in [4.78, 5) is 28.0. The van der Waals surface area contributed by atoms with Crippen LogP contribution in [0.1, 0.15) is 23.3 Å². The summed E-state index contributed by atoms with van der Waals surface area (Å²) < 4.78 is 5.90.